The number of rotatable bonds is 4. The molecule has 0 unspecified atom stereocenters. The first kappa shape index (κ1) is 16.9. The second kappa shape index (κ2) is 6.32. The molecule has 0 aliphatic heterocycles. The molecular formula is C15H19F2NO3S. The zero-order valence-electron chi connectivity index (χ0n) is 12.3. The first-order valence-corrected chi connectivity index (χ1v) is 8.80. The Morgan fingerprint density at radius 2 is 1.86 bits per heavy atom. The second-order valence-electron chi connectivity index (χ2n) is 5.78. The molecule has 0 atom stereocenters. The van der Waals surface area contributed by atoms with Gasteiger partial charge in [0, 0.05) is 18.8 Å². The monoisotopic (exact) mass is 331 g/mol. The lowest BCUT2D eigenvalue weighted by molar-refractivity contribution is -0.127. The number of hydrogen-bond donors (Lipinski definition) is 1. The van der Waals surface area contributed by atoms with Crippen LogP contribution in [0.25, 0.3) is 0 Å². The molecule has 0 radical (unpaired) electrons. The van der Waals surface area contributed by atoms with E-state index in [1.165, 1.54) is 0 Å². The lowest BCUT2D eigenvalue weighted by Crippen LogP contribution is -2.39. The summed E-state index contributed by atoms with van der Waals surface area (Å²) in [7, 11) is -3.82. The highest BCUT2D eigenvalue weighted by molar-refractivity contribution is 7.89. The van der Waals surface area contributed by atoms with Gasteiger partial charge >= 0.3 is 0 Å². The van der Waals surface area contributed by atoms with Crippen molar-refractivity contribution in [2.75, 3.05) is 0 Å². The van der Waals surface area contributed by atoms with E-state index in [1.807, 2.05) is 4.72 Å². The van der Waals surface area contributed by atoms with E-state index < -0.39 is 27.8 Å². The van der Waals surface area contributed by atoms with Crippen molar-refractivity contribution in [1.82, 2.24) is 4.72 Å². The molecule has 1 saturated carbocycles. The van der Waals surface area contributed by atoms with E-state index in [0.717, 1.165) is 5.56 Å². The highest BCUT2D eigenvalue weighted by Crippen LogP contribution is 2.36. The Bertz CT molecular complexity index is 649. The van der Waals surface area contributed by atoms with Crippen LogP contribution in [0.3, 0.4) is 0 Å². The number of sulfonamides is 1. The standard InChI is InChI=1S/C15H19F2NO3S/c1-11-4-2-3-5-13(11)10-22(20,21)18-14(19)12-6-8-15(16,17)9-7-12/h2-5,12H,6-10H2,1H3,(H,18,19). The number of carbonyl (C=O) groups is 1. The number of aryl methyl sites for hydroxylation is 1. The van der Waals surface area contributed by atoms with E-state index in [1.54, 1.807) is 31.2 Å². The van der Waals surface area contributed by atoms with Gasteiger partial charge in [-0.25, -0.2) is 17.2 Å². The van der Waals surface area contributed by atoms with Gasteiger partial charge in [0.25, 0.3) is 0 Å². The van der Waals surface area contributed by atoms with Gasteiger partial charge in [0.1, 0.15) is 0 Å². The highest BCUT2D eigenvalue weighted by Gasteiger charge is 2.38. The average Bonchev–Trinajstić information content (AvgIpc) is 2.40. The molecule has 0 saturated heterocycles. The fraction of sp³-hybridized carbons (Fsp3) is 0.533. The zero-order chi connectivity index (χ0) is 16.4. The van der Waals surface area contributed by atoms with Crippen molar-refractivity contribution in [2.45, 2.75) is 44.3 Å². The van der Waals surface area contributed by atoms with E-state index in [-0.39, 0.29) is 31.4 Å². The van der Waals surface area contributed by atoms with E-state index >= 15 is 0 Å². The number of benzene rings is 1. The average molecular weight is 331 g/mol. The predicted molar refractivity (Wildman–Crippen MR) is 78.9 cm³/mol. The van der Waals surface area contributed by atoms with Gasteiger partial charge < -0.3 is 0 Å². The summed E-state index contributed by atoms with van der Waals surface area (Å²) in [5.41, 5.74) is 1.43. The molecule has 1 aliphatic rings. The first-order chi connectivity index (χ1) is 10.2. The Labute approximate surface area is 129 Å². The third kappa shape index (κ3) is 4.50. The summed E-state index contributed by atoms with van der Waals surface area (Å²) >= 11 is 0. The summed E-state index contributed by atoms with van der Waals surface area (Å²) in [6, 6.07) is 6.99. The largest absolute Gasteiger partial charge is 0.274 e. The molecule has 122 valence electrons. The summed E-state index contributed by atoms with van der Waals surface area (Å²) in [5.74, 6) is -4.37. The van der Waals surface area contributed by atoms with Crippen molar-refractivity contribution in [3.63, 3.8) is 0 Å². The minimum Gasteiger partial charge on any atom is -0.274 e. The lowest BCUT2D eigenvalue weighted by atomic mass is 9.86. The fourth-order valence-corrected chi connectivity index (χ4v) is 3.83. The third-order valence-corrected chi connectivity index (χ3v) is 5.15. The molecule has 7 heteroatoms. The smallest absolute Gasteiger partial charge is 0.248 e. The van der Waals surface area contributed by atoms with Crippen molar-refractivity contribution < 1.29 is 22.0 Å². The Kier molecular flexibility index (Phi) is 4.84. The summed E-state index contributed by atoms with van der Waals surface area (Å²) < 4.78 is 52.2. The van der Waals surface area contributed by atoms with Gasteiger partial charge in [-0.1, -0.05) is 24.3 Å². The van der Waals surface area contributed by atoms with Crippen molar-refractivity contribution in [3.05, 3.63) is 35.4 Å². The Hall–Kier alpha value is -1.50. The minimum absolute atomic E-state index is 0.0126. The first-order valence-electron chi connectivity index (χ1n) is 7.15. The van der Waals surface area contributed by atoms with Crippen LogP contribution in [0.2, 0.25) is 0 Å². The summed E-state index contributed by atoms with van der Waals surface area (Å²) in [4.78, 5) is 12.0. The Balaban J connectivity index is 1.97. The van der Waals surface area contributed by atoms with Gasteiger partial charge in [-0.3, -0.25) is 9.52 Å². The molecule has 0 heterocycles. The maximum Gasteiger partial charge on any atom is 0.248 e. The topological polar surface area (TPSA) is 63.2 Å². The summed E-state index contributed by atoms with van der Waals surface area (Å²) in [6.45, 7) is 1.79. The van der Waals surface area contributed by atoms with Crippen LogP contribution in [0.5, 0.6) is 0 Å². The van der Waals surface area contributed by atoms with Crippen LogP contribution in [0.1, 0.15) is 36.8 Å². The molecule has 1 amide bonds. The Morgan fingerprint density at radius 1 is 1.27 bits per heavy atom. The molecule has 0 spiro atoms. The van der Waals surface area contributed by atoms with Gasteiger partial charge in [0.2, 0.25) is 21.9 Å². The van der Waals surface area contributed by atoms with Gasteiger partial charge in [0.05, 0.1) is 5.75 Å². The van der Waals surface area contributed by atoms with Crippen molar-refractivity contribution in [3.8, 4) is 0 Å². The predicted octanol–water partition coefficient (Wildman–Crippen LogP) is 2.77. The van der Waals surface area contributed by atoms with Crippen LogP contribution < -0.4 is 4.72 Å². The van der Waals surface area contributed by atoms with Crippen LogP contribution in [0, 0.1) is 12.8 Å². The molecule has 1 N–H and O–H groups in total. The maximum absolute atomic E-state index is 13.1. The van der Waals surface area contributed by atoms with E-state index in [0.29, 0.717) is 5.56 Å². The number of alkyl halides is 2. The van der Waals surface area contributed by atoms with Gasteiger partial charge in [0.15, 0.2) is 0 Å². The van der Waals surface area contributed by atoms with Crippen LogP contribution in [0.4, 0.5) is 8.78 Å². The van der Waals surface area contributed by atoms with Crippen LogP contribution in [-0.2, 0) is 20.6 Å². The lowest BCUT2D eigenvalue weighted by Gasteiger charge is -2.27. The van der Waals surface area contributed by atoms with E-state index in [2.05, 4.69) is 0 Å². The molecule has 1 aromatic carbocycles. The van der Waals surface area contributed by atoms with Crippen LogP contribution in [0.15, 0.2) is 24.3 Å². The molecule has 0 aromatic heterocycles. The van der Waals surface area contributed by atoms with Crippen molar-refractivity contribution >= 4 is 15.9 Å². The summed E-state index contributed by atoms with van der Waals surface area (Å²) in [6.07, 6.45) is -0.719. The second-order valence-corrected chi connectivity index (χ2v) is 7.50. The molecule has 2 rings (SSSR count). The zero-order valence-corrected chi connectivity index (χ0v) is 13.1. The molecule has 1 fully saturated rings. The number of nitrogens with one attached hydrogen (secondary N) is 1. The van der Waals surface area contributed by atoms with Gasteiger partial charge in [-0.2, -0.15) is 0 Å². The summed E-state index contributed by atoms with van der Waals surface area (Å²) in [5, 5.41) is 0. The van der Waals surface area contributed by atoms with E-state index in [9.17, 15) is 22.0 Å². The number of halogens is 2. The van der Waals surface area contributed by atoms with Gasteiger partial charge in [-0.15, -0.1) is 0 Å². The molecule has 22 heavy (non-hydrogen) atoms. The number of carbonyl (C=O) groups excluding carboxylic acids is 1. The molecule has 1 aromatic rings. The van der Waals surface area contributed by atoms with E-state index in [4.69, 9.17) is 0 Å². The third-order valence-electron chi connectivity index (χ3n) is 3.95. The molecule has 4 nitrogen and oxygen atoms in total. The number of hydrogen-bond acceptors (Lipinski definition) is 3. The molecular weight excluding hydrogens is 312 g/mol. The number of amides is 1. The van der Waals surface area contributed by atoms with Gasteiger partial charge in [-0.05, 0) is 30.9 Å². The SMILES string of the molecule is Cc1ccccc1CS(=O)(=O)NC(=O)C1CCC(F)(F)CC1. The van der Waals surface area contributed by atoms with Crippen molar-refractivity contribution in [1.29, 1.82) is 0 Å². The maximum atomic E-state index is 13.1. The Morgan fingerprint density at radius 3 is 2.45 bits per heavy atom. The van der Waals surface area contributed by atoms with Crippen LogP contribution >= 0.6 is 0 Å². The van der Waals surface area contributed by atoms with Crippen molar-refractivity contribution in [2.24, 2.45) is 5.92 Å². The normalized spacial score (nSPS) is 18.9. The van der Waals surface area contributed by atoms with Crippen LogP contribution in [-0.4, -0.2) is 20.2 Å². The highest BCUT2D eigenvalue weighted by atomic mass is 32.2. The fourth-order valence-electron chi connectivity index (χ4n) is 2.55. The molecule has 0 bridgehead atoms. The minimum atomic E-state index is -3.82. The molecule has 1 aliphatic carbocycles. The quantitative estimate of drug-likeness (QED) is 0.923.